The normalized spacial score (nSPS) is 21.4. The van der Waals surface area contributed by atoms with Crippen LogP contribution < -0.4 is 5.32 Å². The molecule has 0 bridgehead atoms. The lowest BCUT2D eigenvalue weighted by atomic mass is 10.0. The molecule has 2 saturated heterocycles. The second-order valence-electron chi connectivity index (χ2n) is 7.43. The van der Waals surface area contributed by atoms with Crippen molar-refractivity contribution in [2.75, 3.05) is 31.6 Å². The first-order valence-corrected chi connectivity index (χ1v) is 10.5. The molecule has 0 saturated carbocycles. The summed E-state index contributed by atoms with van der Waals surface area (Å²) in [5, 5.41) is 4.32. The number of alkyl halides is 3. The summed E-state index contributed by atoms with van der Waals surface area (Å²) in [6.07, 6.45) is -3.28. The van der Waals surface area contributed by atoms with Gasteiger partial charge in [-0.2, -0.15) is 13.2 Å². The van der Waals surface area contributed by atoms with E-state index < -0.39 is 18.9 Å². The molecule has 0 amide bonds. The summed E-state index contributed by atoms with van der Waals surface area (Å²) in [5.41, 5.74) is 1.44. The lowest BCUT2D eigenvalue weighted by Crippen LogP contribution is -2.43. The highest BCUT2D eigenvalue weighted by atomic mass is 127. The van der Waals surface area contributed by atoms with Gasteiger partial charge in [-0.3, -0.25) is 4.90 Å². The minimum absolute atomic E-state index is 0.212. The molecule has 10 heteroatoms. The van der Waals surface area contributed by atoms with Crippen LogP contribution in [-0.2, 0) is 16.0 Å². The first-order chi connectivity index (χ1) is 13.8. The molecular formula is C19H21F3IN3O3. The molecule has 2 aliphatic rings. The highest BCUT2D eigenvalue weighted by molar-refractivity contribution is 14.1. The number of piperidine rings is 1. The first-order valence-electron chi connectivity index (χ1n) is 9.45. The van der Waals surface area contributed by atoms with Crippen molar-refractivity contribution in [1.29, 1.82) is 0 Å². The SMILES string of the molecule is O=C1OCC(CN2CCC(Nc3cccc4c3cc(I)n4CC(F)(F)F)CC2)O1. The summed E-state index contributed by atoms with van der Waals surface area (Å²) in [7, 11) is 0. The van der Waals surface area contributed by atoms with Crippen LogP contribution >= 0.6 is 22.6 Å². The van der Waals surface area contributed by atoms with Gasteiger partial charge >= 0.3 is 12.3 Å². The van der Waals surface area contributed by atoms with Gasteiger partial charge in [0.2, 0.25) is 0 Å². The average molecular weight is 523 g/mol. The van der Waals surface area contributed by atoms with Gasteiger partial charge in [-0.1, -0.05) is 6.07 Å². The number of nitrogens with zero attached hydrogens (tertiary/aromatic N) is 2. The Morgan fingerprint density at radius 2 is 2.00 bits per heavy atom. The molecule has 3 heterocycles. The van der Waals surface area contributed by atoms with Gasteiger partial charge in [0.25, 0.3) is 0 Å². The number of anilines is 1. The van der Waals surface area contributed by atoms with Crippen LogP contribution in [0.2, 0.25) is 0 Å². The zero-order valence-electron chi connectivity index (χ0n) is 15.5. The quantitative estimate of drug-likeness (QED) is 0.470. The fourth-order valence-corrected chi connectivity index (χ4v) is 4.68. The van der Waals surface area contributed by atoms with Crippen molar-refractivity contribution in [3.05, 3.63) is 28.0 Å². The summed E-state index contributed by atoms with van der Waals surface area (Å²) in [6.45, 7) is 1.67. The third-order valence-electron chi connectivity index (χ3n) is 5.29. The van der Waals surface area contributed by atoms with Crippen molar-refractivity contribution in [2.24, 2.45) is 0 Å². The van der Waals surface area contributed by atoms with E-state index in [2.05, 4.69) is 10.2 Å². The Bertz CT molecular complexity index is 894. The number of cyclic esters (lactones) is 2. The van der Waals surface area contributed by atoms with Gasteiger partial charge in [-0.25, -0.2) is 4.79 Å². The molecule has 1 aromatic carbocycles. The van der Waals surface area contributed by atoms with Gasteiger partial charge in [-0.15, -0.1) is 0 Å². The molecule has 1 atom stereocenters. The van der Waals surface area contributed by atoms with E-state index in [9.17, 15) is 18.0 Å². The summed E-state index contributed by atoms with van der Waals surface area (Å²) in [5.74, 6) is 0. The largest absolute Gasteiger partial charge is 0.508 e. The van der Waals surface area contributed by atoms with Crippen molar-refractivity contribution < 1.29 is 27.4 Å². The van der Waals surface area contributed by atoms with Crippen molar-refractivity contribution in [2.45, 2.75) is 37.7 Å². The molecule has 4 rings (SSSR count). The number of rotatable bonds is 5. The minimum atomic E-state index is -4.26. The standard InChI is InChI=1S/C19H21F3IN3O3/c20-19(21,22)11-26-16-3-1-2-15(14(16)8-17(26)23)24-12-4-6-25(7-5-12)9-13-10-28-18(27)29-13/h1-3,8,12-13,24H,4-7,9-11H2. The highest BCUT2D eigenvalue weighted by Crippen LogP contribution is 2.32. The number of hydrogen-bond donors (Lipinski definition) is 1. The Morgan fingerprint density at radius 3 is 2.66 bits per heavy atom. The maximum absolute atomic E-state index is 12.9. The fourth-order valence-electron chi connectivity index (χ4n) is 3.94. The number of benzene rings is 1. The van der Waals surface area contributed by atoms with Crippen LogP contribution in [0.25, 0.3) is 10.9 Å². The van der Waals surface area contributed by atoms with E-state index in [0.717, 1.165) is 37.0 Å². The molecule has 0 radical (unpaired) electrons. The number of ether oxygens (including phenoxy) is 2. The molecule has 6 nitrogen and oxygen atoms in total. The second kappa shape index (κ2) is 8.21. The minimum Gasteiger partial charge on any atom is -0.430 e. The van der Waals surface area contributed by atoms with E-state index in [4.69, 9.17) is 9.47 Å². The third-order valence-corrected chi connectivity index (χ3v) is 6.19. The van der Waals surface area contributed by atoms with E-state index in [1.165, 1.54) is 4.57 Å². The monoisotopic (exact) mass is 523 g/mol. The summed E-state index contributed by atoms with van der Waals surface area (Å²) < 4.78 is 50.5. The maximum atomic E-state index is 12.9. The first kappa shape index (κ1) is 20.6. The Hall–Kier alpha value is -1.69. The number of aromatic nitrogens is 1. The summed E-state index contributed by atoms with van der Waals surface area (Å²) in [6, 6.07) is 7.47. The van der Waals surface area contributed by atoms with Gasteiger partial charge in [0.1, 0.15) is 13.2 Å². The smallest absolute Gasteiger partial charge is 0.430 e. The molecule has 2 fully saturated rings. The summed E-state index contributed by atoms with van der Waals surface area (Å²) >= 11 is 1.95. The third kappa shape index (κ3) is 4.90. The Morgan fingerprint density at radius 1 is 1.24 bits per heavy atom. The van der Waals surface area contributed by atoms with Crippen molar-refractivity contribution in [1.82, 2.24) is 9.47 Å². The molecule has 29 heavy (non-hydrogen) atoms. The van der Waals surface area contributed by atoms with Gasteiger partial charge in [-0.05, 0) is 53.6 Å². The van der Waals surface area contributed by atoms with Gasteiger partial charge in [0, 0.05) is 36.7 Å². The fraction of sp³-hybridized carbons (Fsp3) is 0.526. The number of carbonyl (C=O) groups excluding carboxylic acids is 1. The van der Waals surface area contributed by atoms with Crippen LogP contribution in [0.1, 0.15) is 12.8 Å². The van der Waals surface area contributed by atoms with E-state index in [1.54, 1.807) is 18.2 Å². The van der Waals surface area contributed by atoms with Crippen LogP contribution in [0.5, 0.6) is 0 Å². The zero-order chi connectivity index (χ0) is 20.6. The van der Waals surface area contributed by atoms with Crippen LogP contribution in [0.3, 0.4) is 0 Å². The lowest BCUT2D eigenvalue weighted by Gasteiger charge is -2.33. The topological polar surface area (TPSA) is 55.7 Å². The molecule has 0 spiro atoms. The summed E-state index contributed by atoms with van der Waals surface area (Å²) in [4.78, 5) is 13.3. The number of fused-ring (bicyclic) bond motifs is 1. The van der Waals surface area contributed by atoms with Crippen LogP contribution in [-0.4, -0.2) is 60.2 Å². The van der Waals surface area contributed by atoms with Gasteiger partial charge in [0.15, 0.2) is 6.10 Å². The van der Waals surface area contributed by atoms with Crippen molar-refractivity contribution >= 4 is 45.3 Å². The molecule has 0 aliphatic carbocycles. The molecule has 2 aromatic rings. The van der Waals surface area contributed by atoms with E-state index in [0.29, 0.717) is 22.4 Å². The van der Waals surface area contributed by atoms with Gasteiger partial charge < -0.3 is 19.4 Å². The highest BCUT2D eigenvalue weighted by Gasteiger charge is 2.31. The average Bonchev–Trinajstić information content (AvgIpc) is 3.20. The number of nitrogens with one attached hydrogen (secondary N) is 1. The molecule has 1 aromatic heterocycles. The molecule has 2 aliphatic heterocycles. The molecule has 1 unspecified atom stereocenters. The predicted octanol–water partition coefficient (Wildman–Crippen LogP) is 4.22. The van der Waals surface area contributed by atoms with Crippen LogP contribution in [0.4, 0.5) is 23.7 Å². The van der Waals surface area contributed by atoms with E-state index >= 15 is 0 Å². The maximum Gasteiger partial charge on any atom is 0.508 e. The van der Waals surface area contributed by atoms with Crippen molar-refractivity contribution in [3.8, 4) is 0 Å². The van der Waals surface area contributed by atoms with E-state index in [-0.39, 0.29) is 12.1 Å². The Kier molecular flexibility index (Phi) is 5.83. The molecular weight excluding hydrogens is 502 g/mol. The number of likely N-dealkylation sites (tertiary alicyclic amines) is 1. The Balaban J connectivity index is 1.40. The predicted molar refractivity (Wildman–Crippen MR) is 110 cm³/mol. The number of carbonyl (C=O) groups is 1. The van der Waals surface area contributed by atoms with Crippen LogP contribution in [0.15, 0.2) is 24.3 Å². The number of hydrogen-bond acceptors (Lipinski definition) is 5. The van der Waals surface area contributed by atoms with Crippen LogP contribution in [0, 0.1) is 3.70 Å². The molecule has 1 N–H and O–H groups in total. The number of halogens is 4. The zero-order valence-corrected chi connectivity index (χ0v) is 17.7. The van der Waals surface area contributed by atoms with Crippen molar-refractivity contribution in [3.63, 3.8) is 0 Å². The second-order valence-corrected chi connectivity index (χ2v) is 8.53. The molecule has 158 valence electrons. The van der Waals surface area contributed by atoms with E-state index in [1.807, 2.05) is 28.7 Å². The lowest BCUT2D eigenvalue weighted by molar-refractivity contribution is -0.140. The Labute approximate surface area is 179 Å². The van der Waals surface area contributed by atoms with Gasteiger partial charge in [0.05, 0.1) is 9.22 Å².